The number of imidazole rings is 1. The Kier molecular flexibility index (Phi) is 5.00. The number of nitrogens with zero attached hydrogens (tertiary/aromatic N) is 2. The van der Waals surface area contributed by atoms with Crippen LogP contribution in [0.25, 0.3) is 16.2 Å². The molecule has 4 nitrogen and oxygen atoms in total. The number of fused-ring (bicyclic) bond motifs is 1. The number of anilines is 1. The van der Waals surface area contributed by atoms with Gasteiger partial charge in [0.15, 0.2) is 4.96 Å². The van der Waals surface area contributed by atoms with E-state index in [1.165, 1.54) is 23.5 Å². The van der Waals surface area contributed by atoms with E-state index in [9.17, 15) is 31.1 Å². The maximum Gasteiger partial charge on any atom is 0.416 e. The number of rotatable bonds is 3. The number of nitrogens with one attached hydrogen (secondary N) is 1. The summed E-state index contributed by atoms with van der Waals surface area (Å²) in [7, 11) is 0. The average molecular weight is 455 g/mol. The maximum atomic E-state index is 13.0. The van der Waals surface area contributed by atoms with Crippen LogP contribution >= 0.6 is 11.3 Å². The molecule has 0 saturated heterocycles. The van der Waals surface area contributed by atoms with Gasteiger partial charge in [-0.25, -0.2) is 4.98 Å². The Morgan fingerprint density at radius 3 is 2.26 bits per heavy atom. The van der Waals surface area contributed by atoms with Crippen LogP contribution in [0.5, 0.6) is 0 Å². The van der Waals surface area contributed by atoms with E-state index in [4.69, 9.17) is 0 Å². The first-order valence-corrected chi connectivity index (χ1v) is 9.52. The fourth-order valence-electron chi connectivity index (χ4n) is 2.91. The molecular weight excluding hydrogens is 444 g/mol. The number of hydrogen-bond acceptors (Lipinski definition) is 3. The van der Waals surface area contributed by atoms with Crippen molar-refractivity contribution < 1.29 is 31.1 Å². The molecule has 4 rings (SSSR count). The summed E-state index contributed by atoms with van der Waals surface area (Å²) in [6.07, 6.45) is -6.50. The highest BCUT2D eigenvalue weighted by atomic mass is 32.1. The lowest BCUT2D eigenvalue weighted by atomic mass is 10.0. The van der Waals surface area contributed by atoms with Gasteiger partial charge < -0.3 is 5.32 Å². The Morgan fingerprint density at radius 1 is 0.968 bits per heavy atom. The SMILES string of the molecule is O=C(Nc1cccc(-c2cn3ccsc3n2)c1)c1cc(C(F)(F)F)cc(C(F)(F)F)c1. The van der Waals surface area contributed by atoms with Crippen molar-refractivity contribution >= 4 is 27.9 Å². The molecule has 2 aromatic carbocycles. The van der Waals surface area contributed by atoms with E-state index in [1.54, 1.807) is 22.7 Å². The number of halogens is 6. The van der Waals surface area contributed by atoms with Gasteiger partial charge in [-0.15, -0.1) is 11.3 Å². The molecule has 0 radical (unpaired) electrons. The van der Waals surface area contributed by atoms with Gasteiger partial charge in [0.1, 0.15) is 0 Å². The molecule has 0 unspecified atom stereocenters. The Balaban J connectivity index is 1.64. The van der Waals surface area contributed by atoms with E-state index in [1.807, 2.05) is 11.6 Å². The second-order valence-corrected chi connectivity index (χ2v) is 7.42. The first-order valence-electron chi connectivity index (χ1n) is 8.64. The number of aromatic nitrogens is 2. The van der Waals surface area contributed by atoms with Gasteiger partial charge in [0.05, 0.1) is 16.8 Å². The van der Waals surface area contributed by atoms with Gasteiger partial charge in [-0.05, 0) is 30.3 Å². The third kappa shape index (κ3) is 4.41. The predicted molar refractivity (Wildman–Crippen MR) is 103 cm³/mol. The third-order valence-corrected chi connectivity index (χ3v) is 5.13. The molecule has 0 spiro atoms. The summed E-state index contributed by atoms with van der Waals surface area (Å²) in [6, 6.07) is 7.05. The molecular formula is C20H11F6N3OS. The van der Waals surface area contributed by atoms with Gasteiger partial charge in [0, 0.05) is 34.6 Å². The quantitative estimate of drug-likeness (QED) is 0.366. The highest BCUT2D eigenvalue weighted by molar-refractivity contribution is 7.15. The molecule has 1 N–H and O–H groups in total. The number of thiazole rings is 1. The summed E-state index contributed by atoms with van der Waals surface area (Å²) in [5.74, 6) is -1.10. The molecule has 2 aromatic heterocycles. The molecule has 31 heavy (non-hydrogen) atoms. The van der Waals surface area contributed by atoms with Crippen molar-refractivity contribution in [3.8, 4) is 11.3 Å². The number of alkyl halides is 6. The fourth-order valence-corrected chi connectivity index (χ4v) is 3.61. The summed E-state index contributed by atoms with van der Waals surface area (Å²) >= 11 is 1.42. The molecule has 0 atom stereocenters. The Hall–Kier alpha value is -3.34. The lowest BCUT2D eigenvalue weighted by Gasteiger charge is -2.14. The molecule has 0 saturated carbocycles. The average Bonchev–Trinajstić information content (AvgIpc) is 3.28. The first-order chi connectivity index (χ1) is 14.5. The minimum Gasteiger partial charge on any atom is -0.322 e. The smallest absolute Gasteiger partial charge is 0.322 e. The van der Waals surface area contributed by atoms with Crippen LogP contribution in [-0.2, 0) is 12.4 Å². The van der Waals surface area contributed by atoms with Crippen LogP contribution < -0.4 is 5.32 Å². The van der Waals surface area contributed by atoms with Crippen molar-refractivity contribution in [2.24, 2.45) is 0 Å². The van der Waals surface area contributed by atoms with E-state index in [0.717, 1.165) is 4.96 Å². The third-order valence-electron chi connectivity index (χ3n) is 4.36. The zero-order valence-electron chi connectivity index (χ0n) is 15.3. The standard InChI is InChI=1S/C20H11F6N3OS/c21-19(22,23)13-6-12(7-14(9-13)20(24,25)26)17(30)27-15-3-1-2-11(8-15)16-10-29-4-5-31-18(29)28-16/h1-10H,(H,27,30). The number of carbonyl (C=O) groups is 1. The van der Waals surface area contributed by atoms with Crippen LogP contribution in [0, 0.1) is 0 Å². The lowest BCUT2D eigenvalue weighted by Crippen LogP contribution is -2.17. The van der Waals surface area contributed by atoms with Gasteiger partial charge in [-0.2, -0.15) is 26.3 Å². The zero-order valence-corrected chi connectivity index (χ0v) is 16.1. The van der Waals surface area contributed by atoms with Gasteiger partial charge in [0.2, 0.25) is 0 Å². The van der Waals surface area contributed by atoms with Crippen molar-refractivity contribution in [1.82, 2.24) is 9.38 Å². The van der Waals surface area contributed by atoms with E-state index in [0.29, 0.717) is 23.4 Å². The zero-order chi connectivity index (χ0) is 22.4. The summed E-state index contributed by atoms with van der Waals surface area (Å²) in [6.45, 7) is 0. The normalized spacial score (nSPS) is 12.3. The van der Waals surface area contributed by atoms with Crippen LogP contribution in [0.15, 0.2) is 60.2 Å². The molecule has 1 amide bonds. The van der Waals surface area contributed by atoms with E-state index in [2.05, 4.69) is 10.3 Å². The number of benzene rings is 2. The Labute approximate surface area is 174 Å². The number of hydrogen-bond donors (Lipinski definition) is 1. The largest absolute Gasteiger partial charge is 0.416 e. The summed E-state index contributed by atoms with van der Waals surface area (Å²) in [5.41, 5.74) is -2.45. The number of carbonyl (C=O) groups excluding carboxylic acids is 1. The molecule has 0 aliphatic carbocycles. The van der Waals surface area contributed by atoms with E-state index >= 15 is 0 Å². The molecule has 0 aliphatic rings. The van der Waals surface area contributed by atoms with Crippen molar-refractivity contribution in [3.63, 3.8) is 0 Å². The molecule has 160 valence electrons. The van der Waals surface area contributed by atoms with Crippen molar-refractivity contribution in [1.29, 1.82) is 0 Å². The van der Waals surface area contributed by atoms with Crippen LogP contribution in [0.3, 0.4) is 0 Å². The topological polar surface area (TPSA) is 46.4 Å². The Morgan fingerprint density at radius 2 is 1.65 bits per heavy atom. The minimum atomic E-state index is -5.04. The number of amides is 1. The van der Waals surface area contributed by atoms with Crippen LogP contribution in [0.4, 0.5) is 32.0 Å². The molecule has 0 bridgehead atoms. The van der Waals surface area contributed by atoms with Crippen molar-refractivity contribution in [2.75, 3.05) is 5.32 Å². The monoisotopic (exact) mass is 455 g/mol. The van der Waals surface area contributed by atoms with Gasteiger partial charge in [0.25, 0.3) is 5.91 Å². The highest BCUT2D eigenvalue weighted by Crippen LogP contribution is 2.36. The van der Waals surface area contributed by atoms with Crippen molar-refractivity contribution in [3.05, 3.63) is 76.9 Å². The Bertz CT molecular complexity index is 1210. The van der Waals surface area contributed by atoms with Gasteiger partial charge in [-0.1, -0.05) is 12.1 Å². The molecule has 0 fully saturated rings. The van der Waals surface area contributed by atoms with Crippen LogP contribution in [0.1, 0.15) is 21.5 Å². The molecule has 11 heteroatoms. The van der Waals surface area contributed by atoms with Crippen molar-refractivity contribution in [2.45, 2.75) is 12.4 Å². The highest BCUT2D eigenvalue weighted by Gasteiger charge is 2.37. The van der Waals surface area contributed by atoms with E-state index in [-0.39, 0.29) is 11.8 Å². The van der Waals surface area contributed by atoms with Gasteiger partial charge >= 0.3 is 12.4 Å². The maximum absolute atomic E-state index is 13.0. The molecule has 4 aromatic rings. The minimum absolute atomic E-state index is 0.0260. The molecule has 2 heterocycles. The van der Waals surface area contributed by atoms with Gasteiger partial charge in [-0.3, -0.25) is 9.20 Å². The fraction of sp³-hybridized carbons (Fsp3) is 0.100. The second kappa shape index (κ2) is 7.41. The second-order valence-electron chi connectivity index (χ2n) is 6.55. The summed E-state index contributed by atoms with van der Waals surface area (Å²) < 4.78 is 79.9. The first kappa shape index (κ1) is 20.9. The predicted octanol–water partition coefficient (Wildman–Crippen LogP) is 6.35. The van der Waals surface area contributed by atoms with Crippen LogP contribution in [0.2, 0.25) is 0 Å². The summed E-state index contributed by atoms with van der Waals surface area (Å²) in [5, 5.41) is 4.20. The van der Waals surface area contributed by atoms with Crippen LogP contribution in [-0.4, -0.2) is 15.3 Å². The lowest BCUT2D eigenvalue weighted by molar-refractivity contribution is -0.143. The summed E-state index contributed by atoms with van der Waals surface area (Å²) in [4.78, 5) is 17.6. The molecule has 0 aliphatic heterocycles. The van der Waals surface area contributed by atoms with E-state index < -0.39 is 35.0 Å².